The minimum absolute atomic E-state index is 0.0780. The van der Waals surface area contributed by atoms with Gasteiger partial charge in [0.15, 0.2) is 11.7 Å². The van der Waals surface area contributed by atoms with Gasteiger partial charge in [-0.15, -0.1) is 6.42 Å². The second-order valence-corrected chi connectivity index (χ2v) is 4.33. The summed E-state index contributed by atoms with van der Waals surface area (Å²) in [5.41, 5.74) is 0. The van der Waals surface area contributed by atoms with Crippen LogP contribution in [0.2, 0.25) is 0 Å². The lowest BCUT2D eigenvalue weighted by Gasteiger charge is -1.99. The van der Waals surface area contributed by atoms with Crippen molar-refractivity contribution in [3.8, 4) is 17.4 Å². The molecule has 0 aliphatic heterocycles. The van der Waals surface area contributed by atoms with E-state index in [2.05, 4.69) is 26.6 Å². The van der Waals surface area contributed by atoms with Crippen LogP contribution in [0.15, 0.2) is 15.9 Å². The second kappa shape index (κ2) is 4.90. The molecule has 0 atom stereocenters. The third kappa shape index (κ3) is 3.49. The lowest BCUT2D eigenvalue weighted by atomic mass is 10.7. The standard InChI is InChI=1S/C8H5BrO3S/c1-2-5-11-8(10)12-7-4-3-6(9)13-7/h1,3-4H,5H2. The first-order chi connectivity index (χ1) is 6.22. The molecule has 0 saturated heterocycles. The smallest absolute Gasteiger partial charge is 0.421 e. The number of terminal acetylenes is 1. The average molecular weight is 261 g/mol. The van der Waals surface area contributed by atoms with E-state index in [4.69, 9.17) is 11.2 Å². The highest BCUT2D eigenvalue weighted by atomic mass is 79.9. The Morgan fingerprint density at radius 3 is 3.00 bits per heavy atom. The summed E-state index contributed by atoms with van der Waals surface area (Å²) in [6, 6.07) is 3.43. The van der Waals surface area contributed by atoms with E-state index in [-0.39, 0.29) is 6.61 Å². The Morgan fingerprint density at radius 2 is 2.46 bits per heavy atom. The van der Waals surface area contributed by atoms with Gasteiger partial charge in [-0.05, 0) is 28.1 Å². The third-order valence-electron chi connectivity index (χ3n) is 1.01. The molecule has 1 aromatic heterocycles. The molecule has 1 rings (SSSR count). The van der Waals surface area contributed by atoms with Crippen molar-refractivity contribution in [3.63, 3.8) is 0 Å². The van der Waals surface area contributed by atoms with E-state index < -0.39 is 6.16 Å². The molecule has 0 N–H and O–H groups in total. The Kier molecular flexibility index (Phi) is 3.80. The number of carbonyl (C=O) groups excluding carboxylic acids is 1. The van der Waals surface area contributed by atoms with Crippen molar-refractivity contribution < 1.29 is 14.3 Å². The maximum atomic E-state index is 10.8. The Bertz CT molecular complexity index is 339. The molecule has 0 amide bonds. The largest absolute Gasteiger partial charge is 0.515 e. The van der Waals surface area contributed by atoms with Crippen LogP contribution in [-0.2, 0) is 4.74 Å². The van der Waals surface area contributed by atoms with E-state index >= 15 is 0 Å². The van der Waals surface area contributed by atoms with Gasteiger partial charge in [-0.1, -0.05) is 17.3 Å². The fraction of sp³-hybridized carbons (Fsp3) is 0.125. The normalized spacial score (nSPS) is 8.92. The van der Waals surface area contributed by atoms with Gasteiger partial charge in [0, 0.05) is 0 Å². The van der Waals surface area contributed by atoms with Crippen molar-refractivity contribution in [1.29, 1.82) is 0 Å². The van der Waals surface area contributed by atoms with Crippen molar-refractivity contribution >= 4 is 33.4 Å². The Morgan fingerprint density at radius 1 is 1.69 bits per heavy atom. The van der Waals surface area contributed by atoms with Gasteiger partial charge in [0.05, 0.1) is 3.79 Å². The minimum atomic E-state index is -0.785. The molecule has 0 bridgehead atoms. The zero-order valence-electron chi connectivity index (χ0n) is 6.45. The molecular formula is C8H5BrO3S. The molecule has 0 aliphatic carbocycles. The molecule has 0 spiro atoms. The number of thiophene rings is 1. The van der Waals surface area contributed by atoms with Crippen LogP contribution in [0.25, 0.3) is 0 Å². The molecule has 1 aromatic rings. The molecule has 0 fully saturated rings. The van der Waals surface area contributed by atoms with E-state index in [1.54, 1.807) is 12.1 Å². The number of rotatable bonds is 2. The fourth-order valence-corrected chi connectivity index (χ4v) is 1.75. The highest BCUT2D eigenvalue weighted by Gasteiger charge is 2.06. The number of halogens is 1. The molecule has 0 aliphatic rings. The zero-order chi connectivity index (χ0) is 9.68. The van der Waals surface area contributed by atoms with Crippen LogP contribution in [0.1, 0.15) is 0 Å². The van der Waals surface area contributed by atoms with Gasteiger partial charge in [0.2, 0.25) is 0 Å². The van der Waals surface area contributed by atoms with Crippen molar-refractivity contribution in [2.45, 2.75) is 0 Å². The van der Waals surface area contributed by atoms with Gasteiger partial charge in [0.1, 0.15) is 0 Å². The first-order valence-electron chi connectivity index (χ1n) is 3.26. The highest BCUT2D eigenvalue weighted by molar-refractivity contribution is 9.11. The summed E-state index contributed by atoms with van der Waals surface area (Å²) in [4.78, 5) is 10.8. The summed E-state index contributed by atoms with van der Waals surface area (Å²) in [6.45, 7) is -0.0780. The van der Waals surface area contributed by atoms with Crippen LogP contribution in [0, 0.1) is 12.3 Å². The summed E-state index contributed by atoms with van der Waals surface area (Å²) < 4.78 is 10.1. The van der Waals surface area contributed by atoms with Gasteiger partial charge < -0.3 is 9.47 Å². The van der Waals surface area contributed by atoms with Crippen LogP contribution < -0.4 is 4.74 Å². The summed E-state index contributed by atoms with van der Waals surface area (Å²) in [5, 5.41) is 0.467. The molecule has 0 radical (unpaired) electrons. The average Bonchev–Trinajstić information content (AvgIpc) is 2.48. The molecular weight excluding hydrogens is 256 g/mol. The van der Waals surface area contributed by atoms with Crippen LogP contribution in [-0.4, -0.2) is 12.8 Å². The summed E-state index contributed by atoms with van der Waals surface area (Å²) in [7, 11) is 0. The SMILES string of the molecule is C#CCOC(=O)Oc1ccc(Br)s1. The Hall–Kier alpha value is -0.990. The van der Waals surface area contributed by atoms with E-state index in [0.29, 0.717) is 5.06 Å². The molecule has 0 unspecified atom stereocenters. The zero-order valence-corrected chi connectivity index (χ0v) is 8.85. The van der Waals surface area contributed by atoms with E-state index in [9.17, 15) is 4.79 Å². The molecule has 0 saturated carbocycles. The number of ether oxygens (including phenoxy) is 2. The van der Waals surface area contributed by atoms with Crippen LogP contribution in [0.5, 0.6) is 5.06 Å². The number of hydrogen-bond donors (Lipinski definition) is 0. The first-order valence-corrected chi connectivity index (χ1v) is 4.86. The van der Waals surface area contributed by atoms with Gasteiger partial charge in [-0.2, -0.15) is 0 Å². The summed E-state index contributed by atoms with van der Waals surface area (Å²) >= 11 is 4.52. The number of carbonyl (C=O) groups is 1. The van der Waals surface area contributed by atoms with E-state index in [1.165, 1.54) is 11.3 Å². The van der Waals surface area contributed by atoms with Crippen molar-refractivity contribution in [3.05, 3.63) is 15.9 Å². The maximum absolute atomic E-state index is 10.8. The lowest BCUT2D eigenvalue weighted by molar-refractivity contribution is 0.112. The predicted octanol–water partition coefficient (Wildman–Crippen LogP) is 2.66. The van der Waals surface area contributed by atoms with Crippen LogP contribution >= 0.6 is 27.3 Å². The topological polar surface area (TPSA) is 35.5 Å². The molecule has 0 aromatic carbocycles. The van der Waals surface area contributed by atoms with Gasteiger partial charge in [-0.25, -0.2) is 4.79 Å². The molecule has 1 heterocycles. The molecule has 13 heavy (non-hydrogen) atoms. The minimum Gasteiger partial charge on any atom is -0.421 e. The van der Waals surface area contributed by atoms with Crippen molar-refractivity contribution in [2.75, 3.05) is 6.61 Å². The summed E-state index contributed by atoms with van der Waals surface area (Å²) in [6.07, 6.45) is 4.10. The van der Waals surface area contributed by atoms with Crippen LogP contribution in [0.3, 0.4) is 0 Å². The maximum Gasteiger partial charge on any atom is 0.515 e. The van der Waals surface area contributed by atoms with Gasteiger partial charge >= 0.3 is 6.16 Å². The van der Waals surface area contributed by atoms with Crippen LogP contribution in [0.4, 0.5) is 4.79 Å². The summed E-state index contributed by atoms with van der Waals surface area (Å²) in [5.74, 6) is 2.16. The second-order valence-electron chi connectivity index (χ2n) is 1.90. The Balaban J connectivity index is 2.41. The fourth-order valence-electron chi connectivity index (χ4n) is 0.565. The van der Waals surface area contributed by atoms with Gasteiger partial charge in [-0.3, -0.25) is 0 Å². The predicted molar refractivity (Wildman–Crippen MR) is 52.8 cm³/mol. The van der Waals surface area contributed by atoms with E-state index in [1.807, 2.05) is 0 Å². The first kappa shape index (κ1) is 10.1. The lowest BCUT2D eigenvalue weighted by Crippen LogP contribution is -2.09. The highest BCUT2D eigenvalue weighted by Crippen LogP contribution is 2.28. The quantitative estimate of drug-likeness (QED) is 0.606. The molecule has 68 valence electrons. The van der Waals surface area contributed by atoms with Crippen molar-refractivity contribution in [1.82, 2.24) is 0 Å². The van der Waals surface area contributed by atoms with Gasteiger partial charge in [0.25, 0.3) is 0 Å². The number of hydrogen-bond acceptors (Lipinski definition) is 4. The third-order valence-corrected chi connectivity index (χ3v) is 2.51. The van der Waals surface area contributed by atoms with E-state index in [0.717, 1.165) is 3.79 Å². The molecule has 5 heteroatoms. The monoisotopic (exact) mass is 260 g/mol. The molecule has 3 nitrogen and oxygen atoms in total. The Labute approximate surface area is 87.8 Å². The van der Waals surface area contributed by atoms with Crippen molar-refractivity contribution in [2.24, 2.45) is 0 Å².